The maximum Gasteiger partial charge on any atom is 0.254 e. The van der Waals surface area contributed by atoms with E-state index in [2.05, 4.69) is 5.32 Å². The fourth-order valence-electron chi connectivity index (χ4n) is 1.62. The van der Waals surface area contributed by atoms with Gasteiger partial charge < -0.3 is 16.0 Å². The van der Waals surface area contributed by atoms with Gasteiger partial charge in [-0.3, -0.25) is 9.59 Å². The summed E-state index contributed by atoms with van der Waals surface area (Å²) < 4.78 is 0. The summed E-state index contributed by atoms with van der Waals surface area (Å²) in [6, 6.07) is 5.17. The third-order valence-corrected chi connectivity index (χ3v) is 2.59. The van der Waals surface area contributed by atoms with Gasteiger partial charge in [-0.1, -0.05) is 6.07 Å². The molecule has 0 aliphatic rings. The van der Waals surface area contributed by atoms with Crippen molar-refractivity contribution in [2.24, 2.45) is 0 Å². The van der Waals surface area contributed by atoms with Crippen molar-refractivity contribution in [3.05, 3.63) is 29.3 Å². The second-order valence-electron chi connectivity index (χ2n) is 4.19. The van der Waals surface area contributed by atoms with Gasteiger partial charge in [0.25, 0.3) is 5.91 Å². The molecule has 18 heavy (non-hydrogen) atoms. The lowest BCUT2D eigenvalue weighted by atomic mass is 10.1. The van der Waals surface area contributed by atoms with Gasteiger partial charge >= 0.3 is 0 Å². The van der Waals surface area contributed by atoms with Crippen LogP contribution in [-0.2, 0) is 4.79 Å². The van der Waals surface area contributed by atoms with E-state index in [-0.39, 0.29) is 18.4 Å². The number of benzene rings is 1. The van der Waals surface area contributed by atoms with E-state index in [0.29, 0.717) is 17.8 Å². The van der Waals surface area contributed by atoms with Crippen LogP contribution in [0.3, 0.4) is 0 Å². The van der Waals surface area contributed by atoms with Gasteiger partial charge in [0.1, 0.15) is 0 Å². The van der Waals surface area contributed by atoms with Crippen LogP contribution >= 0.6 is 0 Å². The number of hydrogen-bond acceptors (Lipinski definition) is 3. The summed E-state index contributed by atoms with van der Waals surface area (Å²) in [5.74, 6) is -0.374. The van der Waals surface area contributed by atoms with Gasteiger partial charge in [0.05, 0.1) is 6.54 Å². The number of rotatable bonds is 4. The van der Waals surface area contributed by atoms with Crippen molar-refractivity contribution < 1.29 is 9.59 Å². The molecule has 0 fully saturated rings. The number of likely N-dealkylation sites (N-methyl/N-ethyl adjacent to an activating group) is 2. The number of nitrogens with one attached hydrogen (secondary N) is 1. The number of nitrogens with zero attached hydrogens (tertiary/aromatic N) is 1. The van der Waals surface area contributed by atoms with Gasteiger partial charge in [0.15, 0.2) is 0 Å². The quantitative estimate of drug-likeness (QED) is 0.774. The third kappa shape index (κ3) is 3.48. The van der Waals surface area contributed by atoms with Crippen LogP contribution in [0.5, 0.6) is 0 Å². The molecule has 0 aliphatic carbocycles. The molecule has 0 atom stereocenters. The Labute approximate surface area is 107 Å². The lowest BCUT2D eigenvalue weighted by Crippen LogP contribution is -2.38. The van der Waals surface area contributed by atoms with Crippen LogP contribution in [-0.4, -0.2) is 36.9 Å². The SMILES string of the molecule is CCNC(=O)CN(C)C(=O)c1cc(N)ccc1C. The predicted octanol–water partition coefficient (Wildman–Crippen LogP) is 0.785. The molecule has 0 bridgehead atoms. The van der Waals surface area contributed by atoms with Gasteiger partial charge in [-0.15, -0.1) is 0 Å². The number of carbonyl (C=O) groups excluding carboxylic acids is 2. The van der Waals surface area contributed by atoms with Crippen LogP contribution in [0.15, 0.2) is 18.2 Å². The summed E-state index contributed by atoms with van der Waals surface area (Å²) in [7, 11) is 1.60. The van der Waals surface area contributed by atoms with Crippen molar-refractivity contribution in [1.82, 2.24) is 10.2 Å². The maximum atomic E-state index is 12.1. The van der Waals surface area contributed by atoms with Crippen molar-refractivity contribution in [3.63, 3.8) is 0 Å². The Bertz CT molecular complexity index is 458. The first kappa shape index (κ1) is 14.0. The average molecular weight is 249 g/mol. The van der Waals surface area contributed by atoms with Gasteiger partial charge in [-0.25, -0.2) is 0 Å². The molecule has 0 spiro atoms. The monoisotopic (exact) mass is 249 g/mol. The van der Waals surface area contributed by atoms with E-state index < -0.39 is 0 Å². The molecule has 1 aromatic carbocycles. The van der Waals surface area contributed by atoms with Crippen molar-refractivity contribution in [2.45, 2.75) is 13.8 Å². The first-order valence-corrected chi connectivity index (χ1v) is 5.84. The van der Waals surface area contributed by atoms with Gasteiger partial charge in [0, 0.05) is 24.8 Å². The van der Waals surface area contributed by atoms with E-state index in [9.17, 15) is 9.59 Å². The van der Waals surface area contributed by atoms with Crippen molar-refractivity contribution in [1.29, 1.82) is 0 Å². The van der Waals surface area contributed by atoms with E-state index in [1.54, 1.807) is 25.2 Å². The number of anilines is 1. The molecule has 0 radical (unpaired) electrons. The Morgan fingerprint density at radius 3 is 2.67 bits per heavy atom. The first-order valence-electron chi connectivity index (χ1n) is 5.84. The van der Waals surface area contributed by atoms with Gasteiger partial charge in [0.2, 0.25) is 5.91 Å². The van der Waals surface area contributed by atoms with Crippen LogP contribution in [0.2, 0.25) is 0 Å². The molecule has 1 rings (SSSR count). The molecule has 0 saturated carbocycles. The summed E-state index contributed by atoms with van der Waals surface area (Å²) in [6.07, 6.45) is 0. The summed E-state index contributed by atoms with van der Waals surface area (Å²) in [5.41, 5.74) is 7.58. The molecule has 0 aromatic heterocycles. The minimum absolute atomic E-state index is 0.0426. The van der Waals surface area contributed by atoms with E-state index in [1.165, 1.54) is 4.90 Å². The Kier molecular flexibility index (Phi) is 4.71. The minimum Gasteiger partial charge on any atom is -0.399 e. The summed E-state index contributed by atoms with van der Waals surface area (Å²) in [5, 5.41) is 2.65. The second-order valence-corrected chi connectivity index (χ2v) is 4.19. The lowest BCUT2D eigenvalue weighted by Gasteiger charge is -2.18. The number of nitrogens with two attached hydrogens (primary N) is 1. The van der Waals surface area contributed by atoms with E-state index in [1.807, 2.05) is 13.8 Å². The number of hydrogen-bond donors (Lipinski definition) is 2. The van der Waals surface area contributed by atoms with Crippen LogP contribution in [0, 0.1) is 6.92 Å². The lowest BCUT2D eigenvalue weighted by molar-refractivity contribution is -0.121. The Morgan fingerprint density at radius 1 is 1.39 bits per heavy atom. The fourth-order valence-corrected chi connectivity index (χ4v) is 1.62. The highest BCUT2D eigenvalue weighted by molar-refractivity contribution is 5.98. The zero-order valence-electron chi connectivity index (χ0n) is 11.0. The second kappa shape index (κ2) is 6.05. The molecule has 3 N–H and O–H groups in total. The Morgan fingerprint density at radius 2 is 2.06 bits per heavy atom. The molecule has 0 unspecified atom stereocenters. The van der Waals surface area contributed by atoms with Crippen LogP contribution < -0.4 is 11.1 Å². The van der Waals surface area contributed by atoms with E-state index >= 15 is 0 Å². The molecule has 5 nitrogen and oxygen atoms in total. The molecular weight excluding hydrogens is 230 g/mol. The molecular formula is C13H19N3O2. The highest BCUT2D eigenvalue weighted by atomic mass is 16.2. The Balaban J connectivity index is 2.80. The topological polar surface area (TPSA) is 75.4 Å². The maximum absolute atomic E-state index is 12.1. The van der Waals surface area contributed by atoms with Crippen molar-refractivity contribution >= 4 is 17.5 Å². The van der Waals surface area contributed by atoms with E-state index in [0.717, 1.165) is 5.56 Å². The van der Waals surface area contributed by atoms with E-state index in [4.69, 9.17) is 5.73 Å². The zero-order chi connectivity index (χ0) is 13.7. The third-order valence-electron chi connectivity index (χ3n) is 2.59. The van der Waals surface area contributed by atoms with Crippen molar-refractivity contribution in [2.75, 3.05) is 25.9 Å². The molecule has 0 heterocycles. The van der Waals surface area contributed by atoms with Crippen LogP contribution in [0.4, 0.5) is 5.69 Å². The number of carbonyl (C=O) groups is 2. The zero-order valence-corrected chi connectivity index (χ0v) is 11.0. The Hall–Kier alpha value is -2.04. The largest absolute Gasteiger partial charge is 0.399 e. The fraction of sp³-hybridized carbons (Fsp3) is 0.385. The predicted molar refractivity (Wildman–Crippen MR) is 71.2 cm³/mol. The van der Waals surface area contributed by atoms with Crippen LogP contribution in [0.25, 0.3) is 0 Å². The normalized spacial score (nSPS) is 9.94. The van der Waals surface area contributed by atoms with Crippen LogP contribution in [0.1, 0.15) is 22.8 Å². The number of aryl methyl sites for hydroxylation is 1. The molecule has 5 heteroatoms. The van der Waals surface area contributed by atoms with Crippen molar-refractivity contribution in [3.8, 4) is 0 Å². The molecule has 0 saturated heterocycles. The smallest absolute Gasteiger partial charge is 0.254 e. The minimum atomic E-state index is -0.203. The summed E-state index contributed by atoms with van der Waals surface area (Å²) >= 11 is 0. The molecule has 0 aliphatic heterocycles. The summed E-state index contributed by atoms with van der Waals surface area (Å²) in [6.45, 7) is 4.27. The number of nitrogen functional groups attached to an aromatic ring is 1. The average Bonchev–Trinajstić information content (AvgIpc) is 2.31. The van der Waals surface area contributed by atoms with Gasteiger partial charge in [-0.2, -0.15) is 0 Å². The molecule has 2 amide bonds. The number of amides is 2. The summed E-state index contributed by atoms with van der Waals surface area (Å²) in [4.78, 5) is 24.9. The molecule has 98 valence electrons. The van der Waals surface area contributed by atoms with Gasteiger partial charge in [-0.05, 0) is 31.5 Å². The first-order chi connectivity index (χ1) is 8.45. The highest BCUT2D eigenvalue weighted by Crippen LogP contribution is 2.14. The standard InChI is InChI=1S/C13H19N3O2/c1-4-15-12(17)8-16(3)13(18)11-7-10(14)6-5-9(11)2/h5-7H,4,8,14H2,1-3H3,(H,15,17). The molecule has 1 aromatic rings. The highest BCUT2D eigenvalue weighted by Gasteiger charge is 2.16.